The van der Waals surface area contributed by atoms with E-state index in [0.29, 0.717) is 29.6 Å². The molecule has 0 fully saturated rings. The van der Waals surface area contributed by atoms with Crippen molar-refractivity contribution < 1.29 is 4.42 Å². The van der Waals surface area contributed by atoms with Crippen LogP contribution in [0.1, 0.15) is 12.5 Å². The molecule has 4 heteroatoms. The molecule has 1 aliphatic heterocycles. The quantitative estimate of drug-likeness (QED) is 0.713. The molecule has 2 aromatic carbocycles. The number of allylic oxidation sites excluding steroid dienone is 2. The zero-order valence-electron chi connectivity index (χ0n) is 12.3. The molecular formula is C18H16N2O2. The summed E-state index contributed by atoms with van der Waals surface area (Å²) in [5, 5.41) is 9.13. The van der Waals surface area contributed by atoms with E-state index in [1.165, 1.54) is 0 Å². The van der Waals surface area contributed by atoms with Gasteiger partial charge in [-0.05, 0) is 23.8 Å². The number of benzene rings is 2. The second-order valence-corrected chi connectivity index (χ2v) is 5.56. The van der Waals surface area contributed by atoms with Gasteiger partial charge in [0.15, 0.2) is 5.43 Å². The Kier molecular flexibility index (Phi) is 2.89. The van der Waals surface area contributed by atoms with Crippen molar-refractivity contribution in [2.45, 2.75) is 13.3 Å². The van der Waals surface area contributed by atoms with E-state index in [1.54, 1.807) is 6.26 Å². The zero-order chi connectivity index (χ0) is 15.1. The van der Waals surface area contributed by atoms with E-state index < -0.39 is 0 Å². The Hall–Kier alpha value is -2.75. The van der Waals surface area contributed by atoms with Crippen molar-refractivity contribution in [3.8, 4) is 0 Å². The largest absolute Gasteiger partial charge is 0.464 e. The fourth-order valence-corrected chi connectivity index (χ4v) is 2.96. The summed E-state index contributed by atoms with van der Waals surface area (Å²) in [6, 6.07) is 11.7. The topological polar surface area (TPSA) is 54.3 Å². The van der Waals surface area contributed by atoms with Crippen molar-refractivity contribution in [2.75, 3.05) is 6.67 Å². The van der Waals surface area contributed by atoms with Crippen molar-refractivity contribution in [1.82, 2.24) is 10.6 Å². The predicted octanol–water partition coefficient (Wildman–Crippen LogP) is 2.87. The van der Waals surface area contributed by atoms with Crippen LogP contribution in [0.25, 0.3) is 21.7 Å². The molecule has 1 aromatic heterocycles. The summed E-state index contributed by atoms with van der Waals surface area (Å²) in [4.78, 5) is 12.9. The lowest BCUT2D eigenvalue weighted by Crippen LogP contribution is -2.17. The maximum absolute atomic E-state index is 12.9. The molecule has 0 saturated heterocycles. The first-order valence-corrected chi connectivity index (χ1v) is 7.33. The molecule has 22 heavy (non-hydrogen) atoms. The van der Waals surface area contributed by atoms with Crippen LogP contribution in [-0.2, 0) is 6.42 Å². The summed E-state index contributed by atoms with van der Waals surface area (Å²) < 4.78 is 5.71. The number of hydrogen-bond acceptors (Lipinski definition) is 4. The first-order valence-electron chi connectivity index (χ1n) is 7.33. The summed E-state index contributed by atoms with van der Waals surface area (Å²) >= 11 is 0. The van der Waals surface area contributed by atoms with Crippen molar-refractivity contribution in [3.63, 3.8) is 0 Å². The van der Waals surface area contributed by atoms with Gasteiger partial charge in [0.05, 0.1) is 18.3 Å². The van der Waals surface area contributed by atoms with E-state index in [0.717, 1.165) is 22.2 Å². The van der Waals surface area contributed by atoms with Gasteiger partial charge in [-0.15, -0.1) is 0 Å². The third-order valence-corrected chi connectivity index (χ3v) is 4.21. The van der Waals surface area contributed by atoms with Crippen molar-refractivity contribution >= 4 is 21.7 Å². The van der Waals surface area contributed by atoms with E-state index in [9.17, 15) is 4.79 Å². The minimum Gasteiger partial charge on any atom is -0.464 e. The van der Waals surface area contributed by atoms with Crippen LogP contribution in [0.5, 0.6) is 0 Å². The van der Waals surface area contributed by atoms with E-state index in [1.807, 2.05) is 43.3 Å². The Morgan fingerprint density at radius 3 is 2.82 bits per heavy atom. The van der Waals surface area contributed by atoms with Crippen molar-refractivity contribution in [1.29, 1.82) is 0 Å². The molecule has 0 unspecified atom stereocenters. The minimum atomic E-state index is 0.0482. The lowest BCUT2D eigenvalue weighted by Gasteiger charge is -2.07. The first kappa shape index (κ1) is 13.0. The monoisotopic (exact) mass is 292 g/mol. The molecule has 0 saturated carbocycles. The summed E-state index contributed by atoms with van der Waals surface area (Å²) in [6.07, 6.45) is 2.14. The highest BCUT2D eigenvalue weighted by atomic mass is 16.3. The van der Waals surface area contributed by atoms with Gasteiger partial charge in [0.2, 0.25) is 0 Å². The Bertz CT molecular complexity index is 970. The second-order valence-electron chi connectivity index (χ2n) is 5.56. The van der Waals surface area contributed by atoms with Gasteiger partial charge in [0, 0.05) is 23.4 Å². The number of hydrogen-bond donors (Lipinski definition) is 2. The molecule has 1 aliphatic rings. The maximum atomic E-state index is 12.9. The third-order valence-electron chi connectivity index (χ3n) is 4.21. The van der Waals surface area contributed by atoms with E-state index in [2.05, 4.69) is 10.6 Å². The normalized spacial score (nSPS) is 14.4. The molecule has 3 aromatic rings. The van der Waals surface area contributed by atoms with Gasteiger partial charge < -0.3 is 15.1 Å². The van der Waals surface area contributed by atoms with Gasteiger partial charge in [0.1, 0.15) is 5.58 Å². The van der Waals surface area contributed by atoms with Crippen LogP contribution < -0.4 is 16.1 Å². The SMILES string of the molecule is CC1=C(Cc2coc3ccc4ccccc4c3c2=O)NCN1. The molecule has 2 N–H and O–H groups in total. The van der Waals surface area contributed by atoms with E-state index in [-0.39, 0.29) is 5.43 Å². The summed E-state index contributed by atoms with van der Waals surface area (Å²) in [5.41, 5.74) is 3.49. The van der Waals surface area contributed by atoms with Crippen LogP contribution in [0.2, 0.25) is 0 Å². The number of nitrogens with one attached hydrogen (secondary N) is 2. The molecule has 0 aliphatic carbocycles. The highest BCUT2D eigenvalue weighted by Crippen LogP contribution is 2.23. The van der Waals surface area contributed by atoms with Crippen LogP contribution in [0.3, 0.4) is 0 Å². The highest BCUT2D eigenvalue weighted by Gasteiger charge is 2.15. The Balaban J connectivity index is 1.94. The maximum Gasteiger partial charge on any atom is 0.196 e. The summed E-state index contributed by atoms with van der Waals surface area (Å²) in [6.45, 7) is 2.72. The zero-order valence-corrected chi connectivity index (χ0v) is 12.3. The van der Waals surface area contributed by atoms with Crippen LogP contribution in [0, 0.1) is 0 Å². The summed E-state index contributed by atoms with van der Waals surface area (Å²) in [5.74, 6) is 0. The third kappa shape index (κ3) is 1.96. The molecular weight excluding hydrogens is 276 g/mol. The first-order chi connectivity index (χ1) is 10.7. The second kappa shape index (κ2) is 4.91. The average molecular weight is 292 g/mol. The van der Waals surface area contributed by atoms with E-state index in [4.69, 9.17) is 4.42 Å². The average Bonchev–Trinajstić information content (AvgIpc) is 2.94. The Labute approximate surface area is 127 Å². The van der Waals surface area contributed by atoms with Gasteiger partial charge in [0.25, 0.3) is 0 Å². The predicted molar refractivity (Wildman–Crippen MR) is 87.5 cm³/mol. The standard InChI is InChI=1S/C18H16N2O2/c1-11-15(20-10-19-11)8-13-9-22-16-7-6-12-4-2-3-5-14(12)17(16)18(13)21/h2-7,9,19-20H,8,10H2,1H3. The molecule has 0 spiro atoms. The van der Waals surface area contributed by atoms with Crippen LogP contribution in [-0.4, -0.2) is 6.67 Å². The van der Waals surface area contributed by atoms with Crippen molar-refractivity contribution in [3.05, 3.63) is 69.8 Å². The molecule has 4 rings (SSSR count). The molecule has 0 atom stereocenters. The number of fused-ring (bicyclic) bond motifs is 3. The molecule has 0 amide bonds. The van der Waals surface area contributed by atoms with Crippen LogP contribution >= 0.6 is 0 Å². The fraction of sp³-hybridized carbons (Fsp3) is 0.167. The molecule has 4 nitrogen and oxygen atoms in total. The van der Waals surface area contributed by atoms with E-state index >= 15 is 0 Å². The van der Waals surface area contributed by atoms with Crippen LogP contribution in [0.15, 0.2) is 63.3 Å². The van der Waals surface area contributed by atoms with Gasteiger partial charge in [-0.3, -0.25) is 4.79 Å². The molecule has 0 radical (unpaired) electrons. The smallest absolute Gasteiger partial charge is 0.196 e. The molecule has 110 valence electrons. The molecule has 2 heterocycles. The highest BCUT2D eigenvalue weighted by molar-refractivity contribution is 6.05. The summed E-state index contributed by atoms with van der Waals surface area (Å²) in [7, 11) is 0. The van der Waals surface area contributed by atoms with Gasteiger partial charge >= 0.3 is 0 Å². The molecule has 0 bridgehead atoms. The van der Waals surface area contributed by atoms with Crippen molar-refractivity contribution in [2.24, 2.45) is 0 Å². The van der Waals surface area contributed by atoms with Gasteiger partial charge in [-0.2, -0.15) is 0 Å². The van der Waals surface area contributed by atoms with Crippen LogP contribution in [0.4, 0.5) is 0 Å². The lowest BCUT2D eigenvalue weighted by molar-refractivity contribution is 0.594. The Morgan fingerprint density at radius 1 is 1.14 bits per heavy atom. The number of rotatable bonds is 2. The minimum absolute atomic E-state index is 0.0482. The lowest BCUT2D eigenvalue weighted by atomic mass is 10.0. The van der Waals surface area contributed by atoms with Gasteiger partial charge in [-0.1, -0.05) is 30.3 Å². The Morgan fingerprint density at radius 2 is 2.00 bits per heavy atom. The van der Waals surface area contributed by atoms with Gasteiger partial charge in [-0.25, -0.2) is 0 Å². The fourth-order valence-electron chi connectivity index (χ4n) is 2.96.